The number of thiophene rings is 1. The standard InChI is InChI=1S/C20H19N3O2S/c1-2-19(26-9-1)20-21-11-15-5-6-23(13-16(15)22-20)12-14-3-4-17-18(10-14)25-8-7-24-17/h1-4,9-11H,5-8,12-13H2. The summed E-state index contributed by atoms with van der Waals surface area (Å²) in [5, 5.41) is 2.06. The van der Waals surface area contributed by atoms with Crippen molar-refractivity contribution >= 4 is 11.3 Å². The van der Waals surface area contributed by atoms with E-state index < -0.39 is 0 Å². The lowest BCUT2D eigenvalue weighted by molar-refractivity contribution is 0.171. The SMILES string of the molecule is c1csc(-c2ncc3c(n2)CN(Cc2ccc4c(c2)OCCO4)CC3)c1. The van der Waals surface area contributed by atoms with Gasteiger partial charge < -0.3 is 9.47 Å². The Morgan fingerprint density at radius 2 is 2.04 bits per heavy atom. The van der Waals surface area contributed by atoms with Crippen molar-refractivity contribution in [2.24, 2.45) is 0 Å². The van der Waals surface area contributed by atoms with Crippen LogP contribution in [0.25, 0.3) is 10.7 Å². The molecule has 0 bridgehead atoms. The van der Waals surface area contributed by atoms with E-state index in [1.54, 1.807) is 11.3 Å². The molecule has 132 valence electrons. The Kier molecular flexibility index (Phi) is 4.07. The van der Waals surface area contributed by atoms with Crippen LogP contribution in [0.2, 0.25) is 0 Å². The lowest BCUT2D eigenvalue weighted by atomic mass is 10.1. The van der Waals surface area contributed by atoms with Gasteiger partial charge in [0.2, 0.25) is 0 Å². The number of benzene rings is 1. The molecule has 0 saturated carbocycles. The molecule has 5 nitrogen and oxygen atoms in total. The highest BCUT2D eigenvalue weighted by Gasteiger charge is 2.20. The van der Waals surface area contributed by atoms with Gasteiger partial charge in [0.15, 0.2) is 17.3 Å². The smallest absolute Gasteiger partial charge is 0.169 e. The van der Waals surface area contributed by atoms with Crippen molar-refractivity contribution in [3.05, 3.63) is 58.7 Å². The fourth-order valence-electron chi connectivity index (χ4n) is 3.46. The Balaban J connectivity index is 1.34. The van der Waals surface area contributed by atoms with Crippen LogP contribution >= 0.6 is 11.3 Å². The Labute approximate surface area is 156 Å². The van der Waals surface area contributed by atoms with Crippen LogP contribution in [0.15, 0.2) is 41.9 Å². The number of fused-ring (bicyclic) bond motifs is 2. The second kappa shape index (κ2) is 6.70. The fourth-order valence-corrected chi connectivity index (χ4v) is 4.13. The highest BCUT2D eigenvalue weighted by molar-refractivity contribution is 7.13. The first-order valence-corrected chi connectivity index (χ1v) is 9.73. The summed E-state index contributed by atoms with van der Waals surface area (Å²) in [5.74, 6) is 2.53. The lowest BCUT2D eigenvalue weighted by Gasteiger charge is -2.28. The maximum Gasteiger partial charge on any atom is 0.169 e. The second-order valence-corrected chi connectivity index (χ2v) is 7.53. The Bertz CT molecular complexity index is 927. The number of hydrogen-bond acceptors (Lipinski definition) is 6. The topological polar surface area (TPSA) is 47.5 Å². The van der Waals surface area contributed by atoms with Crippen LogP contribution in [0.3, 0.4) is 0 Å². The van der Waals surface area contributed by atoms with Crippen molar-refractivity contribution in [1.29, 1.82) is 0 Å². The van der Waals surface area contributed by atoms with Crippen LogP contribution < -0.4 is 9.47 Å². The predicted molar refractivity (Wildman–Crippen MR) is 101 cm³/mol. The molecule has 2 aliphatic rings. The third kappa shape index (κ3) is 3.06. The van der Waals surface area contributed by atoms with Gasteiger partial charge in [0.25, 0.3) is 0 Å². The number of nitrogens with zero attached hydrogens (tertiary/aromatic N) is 3. The first-order chi connectivity index (χ1) is 12.8. The van der Waals surface area contributed by atoms with Gasteiger partial charge in [0.1, 0.15) is 13.2 Å². The summed E-state index contributed by atoms with van der Waals surface area (Å²) in [6, 6.07) is 10.3. The van der Waals surface area contributed by atoms with Gasteiger partial charge in [-0.05, 0) is 41.1 Å². The van der Waals surface area contributed by atoms with E-state index in [4.69, 9.17) is 14.5 Å². The van der Waals surface area contributed by atoms with Crippen LogP contribution in [0, 0.1) is 0 Å². The molecule has 5 rings (SSSR count). The molecule has 0 fully saturated rings. The summed E-state index contributed by atoms with van der Waals surface area (Å²) in [6.45, 7) is 4.00. The minimum atomic E-state index is 0.621. The van der Waals surface area contributed by atoms with E-state index in [1.807, 2.05) is 18.3 Å². The Hall–Kier alpha value is -2.44. The van der Waals surface area contributed by atoms with Gasteiger partial charge >= 0.3 is 0 Å². The van der Waals surface area contributed by atoms with Gasteiger partial charge in [0.05, 0.1) is 10.6 Å². The monoisotopic (exact) mass is 365 g/mol. The summed E-state index contributed by atoms with van der Waals surface area (Å²) in [7, 11) is 0. The van der Waals surface area contributed by atoms with Crippen LogP contribution in [0.4, 0.5) is 0 Å². The third-order valence-electron chi connectivity index (χ3n) is 4.78. The molecule has 4 heterocycles. The molecule has 2 aliphatic heterocycles. The number of aromatic nitrogens is 2. The van der Waals surface area contributed by atoms with Crippen LogP contribution in [-0.4, -0.2) is 34.6 Å². The summed E-state index contributed by atoms with van der Waals surface area (Å²) in [4.78, 5) is 12.9. The number of rotatable bonds is 3. The Morgan fingerprint density at radius 1 is 1.12 bits per heavy atom. The molecule has 0 amide bonds. The molecule has 0 radical (unpaired) electrons. The van der Waals surface area contributed by atoms with Gasteiger partial charge in [-0.15, -0.1) is 11.3 Å². The molecule has 26 heavy (non-hydrogen) atoms. The average Bonchev–Trinajstić information content (AvgIpc) is 3.22. The van der Waals surface area contributed by atoms with Gasteiger partial charge in [0, 0.05) is 25.8 Å². The maximum atomic E-state index is 5.70. The van der Waals surface area contributed by atoms with E-state index in [0.29, 0.717) is 13.2 Å². The minimum Gasteiger partial charge on any atom is -0.486 e. The maximum absolute atomic E-state index is 5.70. The summed E-state index contributed by atoms with van der Waals surface area (Å²) in [5.41, 5.74) is 3.65. The zero-order chi connectivity index (χ0) is 17.3. The van der Waals surface area contributed by atoms with E-state index in [1.165, 1.54) is 11.1 Å². The molecular formula is C20H19N3O2S. The summed E-state index contributed by atoms with van der Waals surface area (Å²) < 4.78 is 11.3. The van der Waals surface area contributed by atoms with Crippen LogP contribution in [0.1, 0.15) is 16.8 Å². The van der Waals surface area contributed by atoms with Gasteiger partial charge in [-0.3, -0.25) is 4.90 Å². The average molecular weight is 365 g/mol. The molecule has 1 aromatic carbocycles. The van der Waals surface area contributed by atoms with Crippen LogP contribution in [-0.2, 0) is 19.5 Å². The number of hydrogen-bond donors (Lipinski definition) is 0. The zero-order valence-corrected chi connectivity index (χ0v) is 15.2. The normalized spacial score (nSPS) is 16.3. The van der Waals surface area contributed by atoms with E-state index in [0.717, 1.165) is 53.9 Å². The van der Waals surface area contributed by atoms with Gasteiger partial charge in [-0.1, -0.05) is 12.1 Å². The second-order valence-electron chi connectivity index (χ2n) is 6.58. The van der Waals surface area contributed by atoms with E-state index in [-0.39, 0.29) is 0 Å². The quantitative estimate of drug-likeness (QED) is 0.711. The van der Waals surface area contributed by atoms with Crippen molar-refractivity contribution in [1.82, 2.24) is 14.9 Å². The molecule has 3 aromatic rings. The van der Waals surface area contributed by atoms with E-state index in [9.17, 15) is 0 Å². The van der Waals surface area contributed by atoms with Gasteiger partial charge in [-0.2, -0.15) is 0 Å². The molecule has 0 N–H and O–H groups in total. The first-order valence-electron chi connectivity index (χ1n) is 8.85. The molecular weight excluding hydrogens is 346 g/mol. The lowest BCUT2D eigenvalue weighted by Crippen LogP contribution is -2.31. The number of ether oxygens (including phenoxy) is 2. The largest absolute Gasteiger partial charge is 0.486 e. The summed E-state index contributed by atoms with van der Waals surface area (Å²) in [6.07, 6.45) is 2.99. The minimum absolute atomic E-state index is 0.621. The van der Waals surface area contributed by atoms with Crippen LogP contribution in [0.5, 0.6) is 11.5 Å². The highest BCUT2D eigenvalue weighted by Crippen LogP contribution is 2.31. The van der Waals surface area contributed by atoms with Crippen molar-refractivity contribution in [3.63, 3.8) is 0 Å². The third-order valence-corrected chi connectivity index (χ3v) is 5.65. The van der Waals surface area contributed by atoms with Crippen molar-refractivity contribution in [2.45, 2.75) is 19.5 Å². The van der Waals surface area contributed by atoms with Crippen molar-refractivity contribution in [2.75, 3.05) is 19.8 Å². The molecule has 6 heteroatoms. The van der Waals surface area contributed by atoms with Crippen molar-refractivity contribution in [3.8, 4) is 22.2 Å². The predicted octanol–water partition coefficient (Wildman–Crippen LogP) is 3.53. The molecule has 2 aromatic heterocycles. The van der Waals surface area contributed by atoms with Gasteiger partial charge in [-0.25, -0.2) is 9.97 Å². The molecule has 0 aliphatic carbocycles. The zero-order valence-electron chi connectivity index (χ0n) is 14.4. The summed E-state index contributed by atoms with van der Waals surface area (Å²) >= 11 is 1.68. The van der Waals surface area contributed by atoms with Crippen molar-refractivity contribution < 1.29 is 9.47 Å². The molecule has 0 unspecified atom stereocenters. The fraction of sp³-hybridized carbons (Fsp3) is 0.300. The molecule has 0 atom stereocenters. The molecule has 0 saturated heterocycles. The first kappa shape index (κ1) is 15.8. The van der Waals surface area contributed by atoms with E-state index in [2.05, 4.69) is 33.5 Å². The Morgan fingerprint density at radius 3 is 2.92 bits per heavy atom. The highest BCUT2D eigenvalue weighted by atomic mass is 32.1. The molecule has 0 spiro atoms. The van der Waals surface area contributed by atoms with E-state index >= 15 is 0 Å².